The van der Waals surface area contributed by atoms with E-state index in [0.717, 1.165) is 21.4 Å². The maximum absolute atomic E-state index is 15.8. The normalized spacial score (nSPS) is 19.5. The zero-order valence-corrected chi connectivity index (χ0v) is 35.4. The van der Waals surface area contributed by atoms with Gasteiger partial charge in [0, 0.05) is 22.5 Å². The Morgan fingerprint density at radius 1 is 1.02 bits per heavy atom. The third kappa shape index (κ3) is 7.33. The van der Waals surface area contributed by atoms with Crippen LogP contribution < -0.4 is 20.9 Å². The van der Waals surface area contributed by atoms with Gasteiger partial charge in [0.05, 0.1) is 55.3 Å². The van der Waals surface area contributed by atoms with Crippen molar-refractivity contribution in [3.05, 3.63) is 108 Å². The molecular formula is C39H31BrClF8N9O4S. The smallest absolute Gasteiger partial charge is 0.294 e. The first-order valence-electron chi connectivity index (χ1n) is 19.2. The summed E-state index contributed by atoms with van der Waals surface area (Å²) in [6.45, 7) is -2.21. The molecule has 13 nitrogen and oxygen atoms in total. The Morgan fingerprint density at radius 3 is 2.38 bits per heavy atom. The number of amides is 1. The van der Waals surface area contributed by atoms with Gasteiger partial charge in [0.25, 0.3) is 24.3 Å². The number of alkyl halides is 6. The van der Waals surface area contributed by atoms with Gasteiger partial charge in [-0.3, -0.25) is 28.2 Å². The maximum Gasteiger partial charge on any atom is 0.294 e. The quantitative estimate of drug-likeness (QED) is 0.0956. The number of carbonyl (C=O) groups is 1. The van der Waals surface area contributed by atoms with Gasteiger partial charge in [-0.2, -0.15) is 19.0 Å². The van der Waals surface area contributed by atoms with Crippen molar-refractivity contribution in [3.8, 4) is 5.69 Å². The molecule has 9 rings (SSSR count). The highest BCUT2D eigenvalue weighted by Gasteiger charge is 2.76. The van der Waals surface area contributed by atoms with Crippen LogP contribution in [0.25, 0.3) is 27.5 Å². The molecular weight excluding hydrogens is 958 g/mol. The third-order valence-electron chi connectivity index (χ3n) is 11.5. The number of nitrogens with one attached hydrogen (secondary N) is 3. The molecule has 0 unspecified atom stereocenters. The zero-order valence-electron chi connectivity index (χ0n) is 32.3. The molecule has 3 aliphatic rings. The van der Waals surface area contributed by atoms with E-state index in [1.54, 1.807) is 0 Å². The molecule has 3 atom stereocenters. The van der Waals surface area contributed by atoms with E-state index in [1.165, 1.54) is 37.4 Å². The van der Waals surface area contributed by atoms with E-state index in [4.69, 9.17) is 16.6 Å². The zero-order chi connectivity index (χ0) is 45.1. The molecule has 6 aromatic rings. The van der Waals surface area contributed by atoms with E-state index in [1.807, 2.05) is 0 Å². The van der Waals surface area contributed by atoms with Crippen LogP contribution in [0.4, 0.5) is 40.9 Å². The summed E-state index contributed by atoms with van der Waals surface area (Å²) >= 11 is 9.94. The fourth-order valence-corrected chi connectivity index (χ4v) is 10.6. The average molecular weight is 989 g/mol. The number of hydrogen-bond donors (Lipinski definition) is 3. The molecule has 0 spiro atoms. The monoisotopic (exact) mass is 987 g/mol. The van der Waals surface area contributed by atoms with Gasteiger partial charge in [0.2, 0.25) is 15.9 Å². The van der Waals surface area contributed by atoms with Gasteiger partial charge >= 0.3 is 0 Å². The predicted octanol–water partition coefficient (Wildman–Crippen LogP) is 7.37. The molecule has 1 amide bonds. The van der Waals surface area contributed by atoms with Gasteiger partial charge in [-0.25, -0.2) is 39.7 Å². The van der Waals surface area contributed by atoms with Crippen molar-refractivity contribution in [1.29, 1.82) is 0 Å². The lowest BCUT2D eigenvalue weighted by molar-refractivity contribution is -0.123. The average Bonchev–Trinajstić information content (AvgIpc) is 4.10. The molecule has 3 heterocycles. The predicted molar refractivity (Wildman–Crippen MR) is 216 cm³/mol. The summed E-state index contributed by atoms with van der Waals surface area (Å²) in [7, 11) is -2.72. The second-order valence-corrected chi connectivity index (χ2v) is 18.9. The van der Waals surface area contributed by atoms with E-state index in [-0.39, 0.29) is 44.5 Å². The summed E-state index contributed by atoms with van der Waals surface area (Å²) in [6, 6.07) is 7.54. The molecule has 2 fully saturated rings. The van der Waals surface area contributed by atoms with Crippen LogP contribution in [0.2, 0.25) is 5.02 Å². The van der Waals surface area contributed by atoms with Gasteiger partial charge < -0.3 is 10.6 Å². The molecule has 0 bridgehead atoms. The van der Waals surface area contributed by atoms with Crippen molar-refractivity contribution in [2.45, 2.75) is 74.4 Å². The van der Waals surface area contributed by atoms with Crippen LogP contribution in [0.15, 0.2) is 57.8 Å². The van der Waals surface area contributed by atoms with Crippen LogP contribution >= 0.6 is 27.5 Å². The number of rotatable bonds is 14. The van der Waals surface area contributed by atoms with Crippen molar-refractivity contribution < 1.29 is 48.3 Å². The largest absolute Gasteiger partial charge is 0.344 e. The number of sulfonamides is 1. The summed E-state index contributed by atoms with van der Waals surface area (Å²) in [5.74, 6) is -9.12. The molecule has 3 aromatic carbocycles. The Balaban J connectivity index is 1.24. The summed E-state index contributed by atoms with van der Waals surface area (Å²) < 4.78 is 149. The second-order valence-electron chi connectivity index (χ2n) is 15.6. The Bertz CT molecular complexity index is 3050. The van der Waals surface area contributed by atoms with Crippen molar-refractivity contribution in [3.63, 3.8) is 0 Å². The molecule has 3 N–H and O–H groups in total. The lowest BCUT2D eigenvalue weighted by Crippen LogP contribution is -2.38. The molecule has 332 valence electrons. The minimum Gasteiger partial charge on any atom is -0.344 e. The van der Waals surface area contributed by atoms with E-state index < -0.39 is 123 Å². The number of fused-ring (bicyclic) bond motifs is 5. The number of carbonyl (C=O) groups excluding carboxylic acids is 1. The standard InChI is InChI=1S/C39H31BrClF8N9O4S/c1-50-38-13-26(38)39(48,49)33-30(38)31(34(46)47)53-57(33)15-28(59)51-24(10-16-8-18(42)12-19(43)9-16)36-52-23-11-17(40)2-5-21(23)37(60)58(36)25-7-6-22(41)29-32(25)56(14-27(44)45)54-35(29)55-63(61,62)20-3-4-20/h2,5-9,11-12,20,24,26-27,34,50H,3-4,10,13-15H2,1H3,(H,51,59)(H,54,55)/t24-,26+,38+/m0/s1. The lowest BCUT2D eigenvalue weighted by Gasteiger charge is -2.24. The number of aromatic nitrogens is 6. The van der Waals surface area contributed by atoms with Crippen LogP contribution in [-0.4, -0.2) is 62.2 Å². The van der Waals surface area contributed by atoms with E-state index in [0.29, 0.717) is 28.1 Å². The Labute approximate surface area is 364 Å². The van der Waals surface area contributed by atoms with Gasteiger partial charge in [-0.1, -0.05) is 27.5 Å². The van der Waals surface area contributed by atoms with E-state index in [2.05, 4.69) is 41.5 Å². The van der Waals surface area contributed by atoms with Crippen LogP contribution in [0.1, 0.15) is 60.1 Å². The minimum atomic E-state index is -4.07. The number of halogens is 10. The Morgan fingerprint density at radius 2 is 1.73 bits per heavy atom. The fraction of sp³-hybridized carbons (Fsp3) is 0.359. The van der Waals surface area contributed by atoms with Crippen LogP contribution in [0.5, 0.6) is 0 Å². The highest BCUT2D eigenvalue weighted by Crippen LogP contribution is 2.70. The molecule has 0 aliphatic heterocycles. The highest BCUT2D eigenvalue weighted by atomic mass is 79.9. The molecule has 0 radical (unpaired) electrons. The summed E-state index contributed by atoms with van der Waals surface area (Å²) in [5, 5.41) is 12.0. The number of benzene rings is 3. The highest BCUT2D eigenvalue weighted by molar-refractivity contribution is 9.10. The van der Waals surface area contributed by atoms with Gasteiger partial charge in [0.1, 0.15) is 41.9 Å². The van der Waals surface area contributed by atoms with Crippen molar-refractivity contribution in [1.82, 2.24) is 39.7 Å². The second kappa shape index (κ2) is 15.3. The molecule has 2 saturated carbocycles. The maximum atomic E-state index is 15.8. The van der Waals surface area contributed by atoms with Crippen molar-refractivity contribution in [2.75, 3.05) is 11.8 Å². The van der Waals surface area contributed by atoms with Crippen molar-refractivity contribution >= 4 is 71.1 Å². The first-order chi connectivity index (χ1) is 29.7. The van der Waals surface area contributed by atoms with Gasteiger partial charge in [-0.15, -0.1) is 0 Å². The van der Waals surface area contributed by atoms with Crippen LogP contribution in [0.3, 0.4) is 0 Å². The summed E-state index contributed by atoms with van der Waals surface area (Å²) in [4.78, 5) is 33.7. The number of nitrogens with zero attached hydrogens (tertiary/aromatic N) is 6. The molecule has 3 aromatic heterocycles. The van der Waals surface area contributed by atoms with E-state index in [9.17, 15) is 44.3 Å². The van der Waals surface area contributed by atoms with E-state index >= 15 is 8.78 Å². The molecule has 63 heavy (non-hydrogen) atoms. The first-order valence-corrected chi connectivity index (χ1v) is 21.9. The Hall–Kier alpha value is -5.13. The summed E-state index contributed by atoms with van der Waals surface area (Å²) in [6.07, 6.45) is -6.43. The SMILES string of the molecule is CN[C@]12C[C@H]1C(F)(F)c1c2c(C(F)F)nn1CC(=O)N[C@@H](Cc1cc(F)cc(F)c1)c1nc2cc(Br)ccc2c(=O)n1-c1ccc(Cl)c2c(NS(=O)(=O)C3CC3)nn(CC(F)F)c12. The first kappa shape index (κ1) is 43.1. The number of hydrogen-bond acceptors (Lipinski definition) is 8. The van der Waals surface area contributed by atoms with Crippen LogP contribution in [-0.2, 0) is 45.8 Å². The van der Waals surface area contributed by atoms with Gasteiger partial charge in [-0.05, 0) is 74.3 Å². The molecule has 0 saturated heterocycles. The summed E-state index contributed by atoms with van der Waals surface area (Å²) in [5.41, 5.74) is -5.30. The lowest BCUT2D eigenvalue weighted by atomic mass is 10.0. The molecule has 24 heteroatoms. The topological polar surface area (TPSA) is 158 Å². The van der Waals surface area contributed by atoms with Gasteiger partial charge in [0.15, 0.2) is 5.82 Å². The Kier molecular flexibility index (Phi) is 10.4. The van der Waals surface area contributed by atoms with Crippen LogP contribution in [0, 0.1) is 17.6 Å². The number of anilines is 1. The third-order valence-corrected chi connectivity index (χ3v) is 14.2. The minimum absolute atomic E-state index is 0.00261. The molecule has 3 aliphatic carbocycles. The fourth-order valence-electron chi connectivity index (χ4n) is 8.63. The van der Waals surface area contributed by atoms with Crippen molar-refractivity contribution in [2.24, 2.45) is 5.92 Å².